The minimum absolute atomic E-state index is 0.00522. The fourth-order valence-electron chi connectivity index (χ4n) is 4.08. The number of hydrogen-bond acceptors (Lipinski definition) is 7. The van der Waals surface area contributed by atoms with Crippen LogP contribution in [-0.2, 0) is 14.3 Å². The van der Waals surface area contributed by atoms with Crippen LogP contribution in [0, 0.1) is 27.9 Å². The summed E-state index contributed by atoms with van der Waals surface area (Å²) in [6.07, 6.45) is 3.03. The van der Waals surface area contributed by atoms with Crippen LogP contribution in [0.25, 0.3) is 0 Å². The van der Waals surface area contributed by atoms with Gasteiger partial charge in [0.2, 0.25) is 5.91 Å². The first kappa shape index (κ1) is 21.4. The molecule has 158 valence electrons. The molecule has 1 aromatic rings. The predicted octanol–water partition coefficient (Wildman–Crippen LogP) is 2.21. The highest BCUT2D eigenvalue weighted by Gasteiger charge is 2.59. The van der Waals surface area contributed by atoms with E-state index in [-0.39, 0.29) is 53.3 Å². The lowest BCUT2D eigenvalue weighted by Gasteiger charge is -2.47. The van der Waals surface area contributed by atoms with Crippen molar-refractivity contribution in [3.05, 3.63) is 63.4 Å². The largest absolute Gasteiger partial charge is 0.392 e. The number of non-ortho nitro benzene ring substituents is 1. The van der Waals surface area contributed by atoms with Crippen molar-refractivity contribution < 1.29 is 29.2 Å². The molecule has 1 saturated heterocycles. The van der Waals surface area contributed by atoms with Gasteiger partial charge in [-0.1, -0.05) is 32.9 Å². The molecule has 0 spiro atoms. The van der Waals surface area contributed by atoms with Crippen LogP contribution < -0.4 is 0 Å². The Balaban J connectivity index is 1.87. The zero-order valence-electron chi connectivity index (χ0n) is 16.8. The van der Waals surface area contributed by atoms with E-state index in [1.165, 1.54) is 23.1 Å². The molecule has 2 aliphatic rings. The first-order chi connectivity index (χ1) is 14.2. The van der Waals surface area contributed by atoms with Crippen molar-refractivity contribution in [1.29, 1.82) is 0 Å². The first-order valence-corrected chi connectivity index (χ1v) is 9.54. The van der Waals surface area contributed by atoms with Crippen molar-refractivity contribution in [1.82, 2.24) is 4.90 Å². The highest BCUT2D eigenvalue weighted by atomic mass is 16.6. The number of β-lactam (4-membered cyclic amide) rings is 1. The van der Waals surface area contributed by atoms with Crippen molar-refractivity contribution in [3.63, 3.8) is 0 Å². The van der Waals surface area contributed by atoms with Gasteiger partial charge in [-0.05, 0) is 23.6 Å². The highest BCUT2D eigenvalue weighted by molar-refractivity contribution is 6.06. The number of fused-ring (bicyclic) bond motifs is 1. The fourth-order valence-corrected chi connectivity index (χ4v) is 4.08. The number of nitrogens with zero attached hydrogens (tertiary/aromatic N) is 2. The molecule has 9 heteroatoms. The Hall–Kier alpha value is -3.33. The number of ether oxygens (including phenoxy) is 1. The van der Waals surface area contributed by atoms with Crippen molar-refractivity contribution in [2.75, 3.05) is 6.61 Å². The summed E-state index contributed by atoms with van der Waals surface area (Å²) in [5.41, 5.74) is 0.288. The zero-order valence-corrected chi connectivity index (χ0v) is 16.8. The van der Waals surface area contributed by atoms with Gasteiger partial charge in [-0.15, -0.1) is 0 Å². The second kappa shape index (κ2) is 8.19. The van der Waals surface area contributed by atoms with Crippen molar-refractivity contribution in [2.45, 2.75) is 26.8 Å². The summed E-state index contributed by atoms with van der Waals surface area (Å²) in [5, 5.41) is 19.9. The third kappa shape index (κ3) is 3.52. The summed E-state index contributed by atoms with van der Waals surface area (Å²) in [7, 11) is 0. The van der Waals surface area contributed by atoms with Crippen molar-refractivity contribution in [3.8, 4) is 0 Å². The standard InChI is InChI=1S/C21H22N2O7/c1-11(2)16-17-12(3)15(5-4-10-24)18(22(17)19(16)25)21(27)30-20(26)13-6-8-14(9-7-13)23(28)29/h4-9,11-12,16-17,24H,10H2,1-3H3/b5-4+/t12-,16+,17+/m0/s1. The number of hydrogen-bond donors (Lipinski definition) is 1. The number of nitro groups is 1. The lowest BCUT2D eigenvalue weighted by atomic mass is 9.74. The van der Waals surface area contributed by atoms with Gasteiger partial charge < -0.3 is 14.7 Å². The molecule has 1 amide bonds. The summed E-state index contributed by atoms with van der Waals surface area (Å²) in [5.74, 6) is -2.48. The Kier molecular flexibility index (Phi) is 5.84. The number of amides is 1. The van der Waals surface area contributed by atoms with E-state index in [9.17, 15) is 24.5 Å². The molecule has 3 atom stereocenters. The number of aliphatic hydroxyl groups is 1. The third-order valence-corrected chi connectivity index (χ3v) is 5.52. The van der Waals surface area contributed by atoms with Crippen LogP contribution in [-0.4, -0.2) is 45.4 Å². The Morgan fingerprint density at radius 2 is 1.90 bits per heavy atom. The minimum atomic E-state index is -0.975. The number of esters is 2. The number of benzene rings is 1. The molecule has 1 fully saturated rings. The second-order valence-corrected chi connectivity index (χ2v) is 7.63. The quantitative estimate of drug-likeness (QED) is 0.249. The predicted molar refractivity (Wildman–Crippen MR) is 105 cm³/mol. The monoisotopic (exact) mass is 414 g/mol. The number of rotatable bonds is 6. The third-order valence-electron chi connectivity index (χ3n) is 5.52. The lowest BCUT2D eigenvalue weighted by molar-refractivity contribution is -0.384. The maximum absolute atomic E-state index is 12.8. The average molecular weight is 414 g/mol. The van der Waals surface area contributed by atoms with E-state index < -0.39 is 16.9 Å². The molecule has 0 aromatic heterocycles. The molecule has 0 radical (unpaired) electrons. The van der Waals surface area contributed by atoms with Gasteiger partial charge in [-0.3, -0.25) is 14.9 Å². The van der Waals surface area contributed by atoms with E-state index in [0.29, 0.717) is 5.57 Å². The summed E-state index contributed by atoms with van der Waals surface area (Å²) < 4.78 is 4.98. The highest BCUT2D eigenvalue weighted by Crippen LogP contribution is 2.49. The van der Waals surface area contributed by atoms with Crippen molar-refractivity contribution in [2.24, 2.45) is 17.8 Å². The number of aliphatic hydroxyl groups excluding tert-OH is 1. The Bertz CT molecular complexity index is 962. The van der Waals surface area contributed by atoms with E-state index >= 15 is 0 Å². The number of allylic oxidation sites excluding steroid dienone is 1. The van der Waals surface area contributed by atoms with E-state index in [4.69, 9.17) is 9.84 Å². The molecule has 0 bridgehead atoms. The molecule has 30 heavy (non-hydrogen) atoms. The van der Waals surface area contributed by atoms with Crippen molar-refractivity contribution >= 4 is 23.5 Å². The van der Waals surface area contributed by atoms with Crippen LogP contribution in [0.1, 0.15) is 31.1 Å². The fraction of sp³-hybridized carbons (Fsp3) is 0.381. The molecule has 0 unspecified atom stereocenters. The summed E-state index contributed by atoms with van der Waals surface area (Å²) in [6.45, 7) is 5.51. The van der Waals surface area contributed by atoms with Gasteiger partial charge >= 0.3 is 11.9 Å². The second-order valence-electron chi connectivity index (χ2n) is 7.63. The molecule has 0 aliphatic carbocycles. The summed E-state index contributed by atoms with van der Waals surface area (Å²) in [4.78, 5) is 49.4. The molecule has 2 heterocycles. The molecular formula is C21H22N2O7. The number of carbonyl (C=O) groups is 3. The normalized spacial score (nSPS) is 23.0. The maximum atomic E-state index is 12.8. The smallest absolute Gasteiger partial charge is 0.363 e. The lowest BCUT2D eigenvalue weighted by Crippen LogP contribution is -2.62. The molecule has 1 N–H and O–H groups in total. The Labute approximate surface area is 172 Å². The summed E-state index contributed by atoms with van der Waals surface area (Å²) >= 11 is 0. The Morgan fingerprint density at radius 1 is 1.27 bits per heavy atom. The number of nitro benzene ring substituents is 1. The van der Waals surface area contributed by atoms with Crippen LogP contribution in [0.4, 0.5) is 5.69 Å². The van der Waals surface area contributed by atoms with Gasteiger partial charge in [-0.25, -0.2) is 9.59 Å². The zero-order chi connectivity index (χ0) is 22.2. The Morgan fingerprint density at radius 3 is 2.43 bits per heavy atom. The SMILES string of the molecule is CC(C)[C@H]1C(=O)N2C(C(=O)OC(=O)c3ccc([N+](=O)[O-])cc3)=C(/C=C/CO)[C@H](C)[C@H]12. The van der Waals surface area contributed by atoms with Gasteiger partial charge in [0, 0.05) is 18.1 Å². The molecular weight excluding hydrogens is 392 g/mol. The van der Waals surface area contributed by atoms with Gasteiger partial charge in [0.25, 0.3) is 5.69 Å². The molecule has 9 nitrogen and oxygen atoms in total. The van der Waals surface area contributed by atoms with Crippen LogP contribution in [0.5, 0.6) is 0 Å². The van der Waals surface area contributed by atoms with Gasteiger partial charge in [-0.2, -0.15) is 0 Å². The first-order valence-electron chi connectivity index (χ1n) is 9.54. The molecule has 0 saturated carbocycles. The van der Waals surface area contributed by atoms with Crippen LogP contribution in [0.3, 0.4) is 0 Å². The molecule has 3 rings (SSSR count). The van der Waals surface area contributed by atoms with E-state index in [1.807, 2.05) is 20.8 Å². The van der Waals surface area contributed by atoms with Gasteiger partial charge in [0.1, 0.15) is 5.70 Å². The van der Waals surface area contributed by atoms with E-state index in [1.54, 1.807) is 6.08 Å². The van der Waals surface area contributed by atoms with Crippen LogP contribution >= 0.6 is 0 Å². The average Bonchev–Trinajstić information content (AvgIpc) is 2.94. The molecule has 2 aliphatic heterocycles. The van der Waals surface area contributed by atoms with Crippen LogP contribution in [0.2, 0.25) is 0 Å². The topological polar surface area (TPSA) is 127 Å². The minimum Gasteiger partial charge on any atom is -0.392 e. The van der Waals surface area contributed by atoms with Crippen LogP contribution in [0.15, 0.2) is 47.7 Å². The van der Waals surface area contributed by atoms with E-state index in [2.05, 4.69) is 0 Å². The van der Waals surface area contributed by atoms with E-state index in [0.717, 1.165) is 12.1 Å². The summed E-state index contributed by atoms with van der Waals surface area (Å²) in [6, 6.07) is 4.44. The molecule has 1 aromatic carbocycles. The van der Waals surface area contributed by atoms with Gasteiger partial charge in [0.15, 0.2) is 0 Å². The number of carbonyl (C=O) groups excluding carboxylic acids is 3. The maximum Gasteiger partial charge on any atom is 0.363 e. The van der Waals surface area contributed by atoms with Gasteiger partial charge in [0.05, 0.1) is 29.1 Å².